The highest BCUT2D eigenvalue weighted by Gasteiger charge is 2.16. The van der Waals surface area contributed by atoms with Crippen molar-refractivity contribution in [3.05, 3.63) is 0 Å². The van der Waals surface area contributed by atoms with Gasteiger partial charge >= 0.3 is 0 Å². The lowest BCUT2D eigenvalue weighted by molar-refractivity contribution is -0.117. The lowest BCUT2D eigenvalue weighted by Crippen LogP contribution is -2.25. The molecule has 0 unspecified atom stereocenters. The van der Waals surface area contributed by atoms with Crippen molar-refractivity contribution in [2.75, 3.05) is 13.1 Å². The molecule has 0 aromatic heterocycles. The number of carbonyl (C=O) groups excluding carboxylic acids is 1. The molecule has 1 rings (SSSR count). The van der Waals surface area contributed by atoms with Gasteiger partial charge in [-0.3, -0.25) is 4.79 Å². The predicted molar refractivity (Wildman–Crippen MR) is 35.4 cm³/mol. The van der Waals surface area contributed by atoms with Gasteiger partial charge in [-0.2, -0.15) is 4.99 Å². The van der Waals surface area contributed by atoms with Crippen LogP contribution >= 0.6 is 0 Å². The van der Waals surface area contributed by atoms with Gasteiger partial charge in [-0.1, -0.05) is 0 Å². The van der Waals surface area contributed by atoms with Crippen LogP contribution in [0.2, 0.25) is 0 Å². The first kappa shape index (κ1) is 6.26. The average molecular weight is 126 g/mol. The fourth-order valence-corrected chi connectivity index (χ4v) is 0.905. The molecule has 50 valence electrons. The molecule has 1 aliphatic heterocycles. The number of aliphatic imine (C=N–C) groups is 1. The molecular formula is C6H10N2O. The Hall–Kier alpha value is -0.860. The molecule has 9 heavy (non-hydrogen) atoms. The molecule has 3 nitrogen and oxygen atoms in total. The SMILES string of the molecule is CCN1CC(=O)N=C1C. The fraction of sp³-hybridized carbons (Fsp3) is 0.667. The standard InChI is InChI=1S/C6H10N2O/c1-3-8-4-6(9)7-5(8)2/h3-4H2,1-2H3. The summed E-state index contributed by atoms with van der Waals surface area (Å²) in [5.41, 5.74) is 0. The van der Waals surface area contributed by atoms with Crippen LogP contribution in [-0.2, 0) is 4.79 Å². The van der Waals surface area contributed by atoms with Gasteiger partial charge in [-0.25, -0.2) is 0 Å². The van der Waals surface area contributed by atoms with Crippen molar-refractivity contribution in [3.63, 3.8) is 0 Å². The Balaban J connectivity index is 2.64. The van der Waals surface area contributed by atoms with Crippen LogP contribution in [-0.4, -0.2) is 29.7 Å². The van der Waals surface area contributed by atoms with Crippen molar-refractivity contribution in [2.24, 2.45) is 4.99 Å². The molecule has 0 bridgehead atoms. The van der Waals surface area contributed by atoms with Gasteiger partial charge in [-0.05, 0) is 13.8 Å². The second-order valence-electron chi connectivity index (χ2n) is 2.07. The molecule has 0 aliphatic carbocycles. The highest BCUT2D eigenvalue weighted by Crippen LogP contribution is 2.00. The average Bonchev–Trinajstić information content (AvgIpc) is 2.10. The zero-order chi connectivity index (χ0) is 6.85. The van der Waals surface area contributed by atoms with Crippen LogP contribution in [0.25, 0.3) is 0 Å². The smallest absolute Gasteiger partial charge is 0.266 e. The minimum atomic E-state index is -0.0191. The molecule has 0 atom stereocenters. The summed E-state index contributed by atoms with van der Waals surface area (Å²) < 4.78 is 0. The number of amidine groups is 1. The Labute approximate surface area is 54.4 Å². The van der Waals surface area contributed by atoms with Crippen LogP contribution in [0, 0.1) is 0 Å². The molecule has 1 heterocycles. The topological polar surface area (TPSA) is 32.7 Å². The largest absolute Gasteiger partial charge is 0.351 e. The van der Waals surface area contributed by atoms with Crippen molar-refractivity contribution in [1.82, 2.24) is 4.90 Å². The summed E-state index contributed by atoms with van der Waals surface area (Å²) in [5.74, 6) is 0.830. The van der Waals surface area contributed by atoms with E-state index in [9.17, 15) is 4.79 Å². The molecule has 0 radical (unpaired) electrons. The number of likely N-dealkylation sites (N-methyl/N-ethyl adjacent to an activating group) is 1. The Bertz CT molecular complexity index is 162. The fourth-order valence-electron chi connectivity index (χ4n) is 0.905. The van der Waals surface area contributed by atoms with Gasteiger partial charge in [0.25, 0.3) is 5.91 Å². The third-order valence-corrected chi connectivity index (χ3v) is 1.45. The third kappa shape index (κ3) is 1.09. The van der Waals surface area contributed by atoms with Crippen LogP contribution < -0.4 is 0 Å². The van der Waals surface area contributed by atoms with E-state index in [-0.39, 0.29) is 5.91 Å². The first-order valence-corrected chi connectivity index (χ1v) is 3.07. The van der Waals surface area contributed by atoms with Gasteiger partial charge < -0.3 is 4.90 Å². The van der Waals surface area contributed by atoms with E-state index in [0.29, 0.717) is 6.54 Å². The molecule has 0 aromatic carbocycles. The zero-order valence-electron chi connectivity index (χ0n) is 5.72. The summed E-state index contributed by atoms with van der Waals surface area (Å²) in [4.78, 5) is 16.3. The molecule has 0 aromatic rings. The van der Waals surface area contributed by atoms with E-state index < -0.39 is 0 Å². The van der Waals surface area contributed by atoms with Crippen LogP contribution in [0.1, 0.15) is 13.8 Å². The van der Waals surface area contributed by atoms with Crippen LogP contribution in [0.3, 0.4) is 0 Å². The van der Waals surface area contributed by atoms with Crippen molar-refractivity contribution in [3.8, 4) is 0 Å². The summed E-state index contributed by atoms with van der Waals surface area (Å²) in [6.45, 7) is 5.22. The van der Waals surface area contributed by atoms with E-state index in [4.69, 9.17) is 0 Å². The highest BCUT2D eigenvalue weighted by atomic mass is 16.2. The van der Waals surface area contributed by atoms with Crippen molar-refractivity contribution >= 4 is 11.7 Å². The molecule has 0 saturated carbocycles. The maximum atomic E-state index is 10.6. The van der Waals surface area contributed by atoms with E-state index in [1.807, 2.05) is 18.7 Å². The van der Waals surface area contributed by atoms with Crippen molar-refractivity contribution in [2.45, 2.75) is 13.8 Å². The number of hydrogen-bond acceptors (Lipinski definition) is 2. The summed E-state index contributed by atoms with van der Waals surface area (Å²) >= 11 is 0. The summed E-state index contributed by atoms with van der Waals surface area (Å²) in [6.07, 6.45) is 0. The first-order valence-electron chi connectivity index (χ1n) is 3.07. The summed E-state index contributed by atoms with van der Waals surface area (Å²) in [5, 5.41) is 0. The van der Waals surface area contributed by atoms with E-state index in [1.165, 1.54) is 0 Å². The first-order chi connectivity index (χ1) is 4.24. The number of hydrogen-bond donors (Lipinski definition) is 0. The molecule has 0 spiro atoms. The Morgan fingerprint density at radius 2 is 2.44 bits per heavy atom. The van der Waals surface area contributed by atoms with Gasteiger partial charge in [0, 0.05) is 6.54 Å². The minimum absolute atomic E-state index is 0.0191. The van der Waals surface area contributed by atoms with E-state index in [1.54, 1.807) is 0 Å². The minimum Gasteiger partial charge on any atom is -0.351 e. The normalized spacial score (nSPS) is 18.7. The lowest BCUT2D eigenvalue weighted by Gasteiger charge is -2.12. The van der Waals surface area contributed by atoms with Gasteiger partial charge in [0.1, 0.15) is 12.4 Å². The molecule has 3 heteroatoms. The molecule has 0 N–H and O–H groups in total. The van der Waals surface area contributed by atoms with E-state index in [0.717, 1.165) is 12.4 Å². The van der Waals surface area contributed by atoms with Gasteiger partial charge in [-0.15, -0.1) is 0 Å². The quantitative estimate of drug-likeness (QED) is 0.505. The van der Waals surface area contributed by atoms with Crippen molar-refractivity contribution < 1.29 is 4.79 Å². The molecule has 1 amide bonds. The Kier molecular flexibility index (Phi) is 1.51. The molecular weight excluding hydrogens is 116 g/mol. The second kappa shape index (κ2) is 2.17. The number of carbonyl (C=O) groups is 1. The van der Waals surface area contributed by atoms with E-state index in [2.05, 4.69) is 4.99 Å². The maximum absolute atomic E-state index is 10.6. The number of rotatable bonds is 1. The predicted octanol–water partition coefficient (Wildman–Crippen LogP) is 0.267. The maximum Gasteiger partial charge on any atom is 0.266 e. The summed E-state index contributed by atoms with van der Waals surface area (Å²) in [6, 6.07) is 0. The Morgan fingerprint density at radius 1 is 1.78 bits per heavy atom. The second-order valence-corrected chi connectivity index (χ2v) is 2.07. The Morgan fingerprint density at radius 3 is 2.67 bits per heavy atom. The van der Waals surface area contributed by atoms with Gasteiger partial charge in [0.05, 0.1) is 0 Å². The zero-order valence-corrected chi connectivity index (χ0v) is 5.72. The lowest BCUT2D eigenvalue weighted by atomic mass is 10.5. The number of nitrogens with zero attached hydrogens (tertiary/aromatic N) is 2. The van der Waals surface area contributed by atoms with Crippen LogP contribution in [0.4, 0.5) is 0 Å². The van der Waals surface area contributed by atoms with Crippen LogP contribution in [0.15, 0.2) is 4.99 Å². The molecule has 1 aliphatic rings. The van der Waals surface area contributed by atoms with Gasteiger partial charge in [0.2, 0.25) is 0 Å². The van der Waals surface area contributed by atoms with Crippen molar-refractivity contribution in [1.29, 1.82) is 0 Å². The number of amides is 1. The highest BCUT2D eigenvalue weighted by molar-refractivity contribution is 6.00. The third-order valence-electron chi connectivity index (χ3n) is 1.45. The molecule has 0 fully saturated rings. The van der Waals surface area contributed by atoms with Gasteiger partial charge in [0.15, 0.2) is 0 Å². The molecule has 0 saturated heterocycles. The van der Waals surface area contributed by atoms with E-state index >= 15 is 0 Å². The van der Waals surface area contributed by atoms with Crippen LogP contribution in [0.5, 0.6) is 0 Å². The summed E-state index contributed by atoms with van der Waals surface area (Å²) in [7, 11) is 0. The monoisotopic (exact) mass is 126 g/mol.